The molecule has 10 heteroatoms. The smallest absolute Gasteiger partial charge is 0.257 e. The summed E-state index contributed by atoms with van der Waals surface area (Å²) in [5.41, 5.74) is 2.58. The molecule has 0 aliphatic carbocycles. The number of fused-ring (bicyclic) bond motifs is 1. The molecule has 4 heterocycles. The van der Waals surface area contributed by atoms with E-state index in [1.54, 1.807) is 26.6 Å². The van der Waals surface area contributed by atoms with Crippen LogP contribution in [-0.2, 0) is 0 Å². The standard InChI is InChI=1S/C21H23N5O4.H2S/c1-13(15-4-5-22-21-19(15)29-6-7-30-21)10-23-18-9-16(25-12-26-18)14-8-17(27-2)20(28-3)24-11-14;/h4-5,8-9,11-13H,6-7,10H2,1-3H3,(H,23,25,26);1H2/t13-;/m1./s1. The van der Waals surface area contributed by atoms with Gasteiger partial charge in [0.25, 0.3) is 11.8 Å². The molecule has 0 unspecified atom stereocenters. The second-order valence-corrected chi connectivity index (χ2v) is 6.74. The highest BCUT2D eigenvalue weighted by Gasteiger charge is 2.21. The third-order valence-electron chi connectivity index (χ3n) is 4.79. The van der Waals surface area contributed by atoms with Crippen LogP contribution in [0.3, 0.4) is 0 Å². The van der Waals surface area contributed by atoms with Crippen LogP contribution >= 0.6 is 13.5 Å². The van der Waals surface area contributed by atoms with Crippen molar-refractivity contribution in [3.8, 4) is 34.5 Å². The summed E-state index contributed by atoms with van der Waals surface area (Å²) in [6, 6.07) is 5.67. The van der Waals surface area contributed by atoms with Gasteiger partial charge in [-0.1, -0.05) is 6.92 Å². The summed E-state index contributed by atoms with van der Waals surface area (Å²) >= 11 is 0. The monoisotopic (exact) mass is 443 g/mol. The first kappa shape index (κ1) is 22.4. The molecule has 164 valence electrons. The molecule has 1 aliphatic rings. The van der Waals surface area contributed by atoms with Crippen LogP contribution in [0.15, 0.2) is 36.9 Å². The van der Waals surface area contributed by atoms with Gasteiger partial charge < -0.3 is 24.3 Å². The average molecular weight is 444 g/mol. The van der Waals surface area contributed by atoms with Gasteiger partial charge in [-0.05, 0) is 12.1 Å². The van der Waals surface area contributed by atoms with Crippen molar-refractivity contribution in [1.29, 1.82) is 0 Å². The first-order valence-corrected chi connectivity index (χ1v) is 9.58. The van der Waals surface area contributed by atoms with Crippen molar-refractivity contribution in [2.24, 2.45) is 0 Å². The van der Waals surface area contributed by atoms with E-state index in [0.29, 0.717) is 43.1 Å². The van der Waals surface area contributed by atoms with E-state index in [2.05, 4.69) is 32.2 Å². The third kappa shape index (κ3) is 4.91. The maximum Gasteiger partial charge on any atom is 0.257 e. The summed E-state index contributed by atoms with van der Waals surface area (Å²) in [6.45, 7) is 3.81. The van der Waals surface area contributed by atoms with E-state index in [-0.39, 0.29) is 19.4 Å². The number of nitrogens with one attached hydrogen (secondary N) is 1. The van der Waals surface area contributed by atoms with E-state index in [1.165, 1.54) is 6.33 Å². The number of anilines is 1. The van der Waals surface area contributed by atoms with Crippen molar-refractivity contribution < 1.29 is 18.9 Å². The number of aromatic nitrogens is 4. The predicted molar refractivity (Wildman–Crippen MR) is 121 cm³/mol. The van der Waals surface area contributed by atoms with Gasteiger partial charge in [0.05, 0.1) is 19.9 Å². The van der Waals surface area contributed by atoms with Crippen molar-refractivity contribution in [2.75, 3.05) is 39.3 Å². The van der Waals surface area contributed by atoms with Gasteiger partial charge in [0.2, 0.25) is 0 Å². The van der Waals surface area contributed by atoms with E-state index in [4.69, 9.17) is 18.9 Å². The molecule has 1 N–H and O–H groups in total. The van der Waals surface area contributed by atoms with Crippen molar-refractivity contribution in [1.82, 2.24) is 19.9 Å². The second-order valence-electron chi connectivity index (χ2n) is 6.74. The quantitative estimate of drug-likeness (QED) is 0.590. The largest absolute Gasteiger partial charge is 0.491 e. The van der Waals surface area contributed by atoms with Crippen LogP contribution in [-0.4, -0.2) is 53.9 Å². The normalized spacial score (nSPS) is 13.0. The lowest BCUT2D eigenvalue weighted by molar-refractivity contribution is 0.162. The molecule has 0 bridgehead atoms. The summed E-state index contributed by atoms with van der Waals surface area (Å²) in [4.78, 5) is 17.2. The topological polar surface area (TPSA) is 101 Å². The highest BCUT2D eigenvalue weighted by atomic mass is 32.1. The van der Waals surface area contributed by atoms with Crippen molar-refractivity contribution in [2.45, 2.75) is 12.8 Å². The van der Waals surface area contributed by atoms with Crippen molar-refractivity contribution in [3.05, 3.63) is 42.5 Å². The maximum atomic E-state index is 5.78. The summed E-state index contributed by atoms with van der Waals surface area (Å²) in [5.74, 6) is 3.11. The summed E-state index contributed by atoms with van der Waals surface area (Å²) in [6.07, 6.45) is 4.95. The zero-order valence-electron chi connectivity index (χ0n) is 17.6. The molecule has 0 saturated heterocycles. The van der Waals surface area contributed by atoms with E-state index < -0.39 is 0 Å². The lowest BCUT2D eigenvalue weighted by Crippen LogP contribution is -2.19. The average Bonchev–Trinajstić information content (AvgIpc) is 2.81. The zero-order valence-corrected chi connectivity index (χ0v) is 18.6. The molecule has 4 rings (SSSR count). The van der Waals surface area contributed by atoms with Gasteiger partial charge >= 0.3 is 0 Å². The number of nitrogens with zero attached hydrogens (tertiary/aromatic N) is 4. The second kappa shape index (κ2) is 10.2. The van der Waals surface area contributed by atoms with Gasteiger partial charge in [-0.15, -0.1) is 0 Å². The number of ether oxygens (including phenoxy) is 4. The van der Waals surface area contributed by atoms with Gasteiger partial charge in [-0.25, -0.2) is 19.9 Å². The van der Waals surface area contributed by atoms with E-state index in [9.17, 15) is 0 Å². The van der Waals surface area contributed by atoms with Crippen LogP contribution in [0.5, 0.6) is 23.3 Å². The highest BCUT2D eigenvalue weighted by Crippen LogP contribution is 2.36. The molecule has 0 saturated carbocycles. The van der Waals surface area contributed by atoms with Gasteiger partial charge in [-0.2, -0.15) is 13.5 Å². The first-order valence-electron chi connectivity index (χ1n) is 9.58. The van der Waals surface area contributed by atoms with Crippen LogP contribution in [0, 0.1) is 0 Å². The lowest BCUT2D eigenvalue weighted by atomic mass is 10.0. The minimum absolute atomic E-state index is 0. The zero-order chi connectivity index (χ0) is 20.9. The molecule has 31 heavy (non-hydrogen) atoms. The molecule has 0 spiro atoms. The van der Waals surface area contributed by atoms with Crippen LogP contribution in [0.1, 0.15) is 18.4 Å². The van der Waals surface area contributed by atoms with Gasteiger partial charge in [0.1, 0.15) is 25.4 Å². The predicted octanol–water partition coefficient (Wildman–Crippen LogP) is 3.05. The molecule has 0 radical (unpaired) electrons. The van der Waals surface area contributed by atoms with Crippen LogP contribution in [0.2, 0.25) is 0 Å². The number of hydrogen-bond acceptors (Lipinski definition) is 9. The number of hydrogen-bond donors (Lipinski definition) is 1. The fourth-order valence-electron chi connectivity index (χ4n) is 3.21. The molecule has 0 fully saturated rings. The fourth-order valence-corrected chi connectivity index (χ4v) is 3.21. The van der Waals surface area contributed by atoms with E-state index in [1.807, 2.05) is 18.2 Å². The Morgan fingerprint density at radius 2 is 1.90 bits per heavy atom. The number of rotatable bonds is 7. The summed E-state index contributed by atoms with van der Waals surface area (Å²) in [7, 11) is 3.12. The van der Waals surface area contributed by atoms with Crippen molar-refractivity contribution in [3.63, 3.8) is 0 Å². The minimum atomic E-state index is 0. The van der Waals surface area contributed by atoms with Gasteiger partial charge in [-0.3, -0.25) is 0 Å². The molecular weight excluding hydrogens is 418 g/mol. The Kier molecular flexibility index (Phi) is 7.35. The summed E-state index contributed by atoms with van der Waals surface area (Å²) < 4.78 is 21.9. The lowest BCUT2D eigenvalue weighted by Gasteiger charge is -2.22. The van der Waals surface area contributed by atoms with Crippen LogP contribution in [0.25, 0.3) is 11.3 Å². The Labute approximate surface area is 187 Å². The van der Waals surface area contributed by atoms with Crippen molar-refractivity contribution >= 4 is 19.3 Å². The Morgan fingerprint density at radius 3 is 2.71 bits per heavy atom. The molecular formula is C21H25N5O4S. The highest BCUT2D eigenvalue weighted by molar-refractivity contribution is 7.59. The molecule has 0 amide bonds. The molecule has 0 aromatic carbocycles. The number of pyridine rings is 2. The Hall–Kier alpha value is -3.27. The Morgan fingerprint density at radius 1 is 1.06 bits per heavy atom. The Bertz CT molecular complexity index is 1040. The molecule has 3 aromatic rings. The molecule has 3 aromatic heterocycles. The van der Waals surface area contributed by atoms with E-state index >= 15 is 0 Å². The molecule has 1 aliphatic heterocycles. The first-order chi connectivity index (χ1) is 14.7. The maximum absolute atomic E-state index is 5.78. The molecule has 9 nitrogen and oxygen atoms in total. The number of methoxy groups -OCH3 is 2. The van der Waals surface area contributed by atoms with Crippen LogP contribution < -0.4 is 24.3 Å². The molecule has 1 atom stereocenters. The van der Waals surface area contributed by atoms with Gasteiger partial charge in [0.15, 0.2) is 11.5 Å². The summed E-state index contributed by atoms with van der Waals surface area (Å²) in [5, 5.41) is 3.37. The SMILES string of the molecule is COc1cc(-c2cc(NC[C@@H](C)c3ccnc4c3OCCO4)ncn2)cnc1OC.S. The van der Waals surface area contributed by atoms with Gasteiger partial charge in [0, 0.05) is 42.0 Å². The third-order valence-corrected chi connectivity index (χ3v) is 4.79. The minimum Gasteiger partial charge on any atom is -0.491 e. The fraction of sp³-hybridized carbons (Fsp3) is 0.333. The van der Waals surface area contributed by atoms with Crippen LogP contribution in [0.4, 0.5) is 5.82 Å². The Balaban J connectivity index is 0.00000272. The van der Waals surface area contributed by atoms with E-state index in [0.717, 1.165) is 22.6 Å².